The number of hydrogen-bond acceptors (Lipinski definition) is 5. The van der Waals surface area contributed by atoms with Gasteiger partial charge in [0.15, 0.2) is 5.41 Å². The van der Waals surface area contributed by atoms with Crippen LogP contribution in [0.1, 0.15) is 17.9 Å². The molecular formula is C15H13N3O3. The van der Waals surface area contributed by atoms with E-state index in [0.29, 0.717) is 6.42 Å². The van der Waals surface area contributed by atoms with Gasteiger partial charge in [0.05, 0.1) is 17.1 Å². The molecule has 0 bridgehead atoms. The second-order valence-corrected chi connectivity index (χ2v) is 4.81. The van der Waals surface area contributed by atoms with Crippen LogP contribution in [0, 0.1) is 38.2 Å². The van der Waals surface area contributed by atoms with Crippen LogP contribution in [0.3, 0.4) is 0 Å². The second-order valence-electron chi connectivity index (χ2n) is 4.81. The molecule has 6 heteroatoms. The Morgan fingerprint density at radius 3 is 2.43 bits per heavy atom. The smallest absolute Gasteiger partial charge is 0.269 e. The van der Waals surface area contributed by atoms with E-state index in [9.17, 15) is 20.6 Å². The number of nitro benzene ring substituents is 1. The van der Waals surface area contributed by atoms with Gasteiger partial charge in [-0.2, -0.15) is 10.5 Å². The molecule has 1 aliphatic carbocycles. The quantitative estimate of drug-likeness (QED) is 0.482. The highest BCUT2D eigenvalue weighted by Crippen LogP contribution is 2.45. The van der Waals surface area contributed by atoms with E-state index in [0.717, 1.165) is 5.56 Å². The van der Waals surface area contributed by atoms with Crippen molar-refractivity contribution in [1.82, 2.24) is 0 Å². The number of methoxy groups -OCH3 is 1. The Labute approximate surface area is 122 Å². The van der Waals surface area contributed by atoms with Gasteiger partial charge in [0.25, 0.3) is 5.69 Å². The lowest BCUT2D eigenvalue weighted by atomic mass is 9.66. The lowest BCUT2D eigenvalue weighted by Crippen LogP contribution is -2.40. The minimum Gasteiger partial charge on any atom is -0.375 e. The summed E-state index contributed by atoms with van der Waals surface area (Å²) >= 11 is 0. The van der Waals surface area contributed by atoms with Crippen LogP contribution in [0.4, 0.5) is 5.69 Å². The number of allylic oxidation sites excluding steroid dienone is 1. The Kier molecular flexibility index (Phi) is 4.02. The summed E-state index contributed by atoms with van der Waals surface area (Å²) in [6.07, 6.45) is 3.47. The minimum atomic E-state index is -1.33. The lowest BCUT2D eigenvalue weighted by molar-refractivity contribution is -0.384. The average Bonchev–Trinajstić information content (AvgIpc) is 2.53. The molecule has 0 aliphatic heterocycles. The summed E-state index contributed by atoms with van der Waals surface area (Å²) < 4.78 is 5.26. The number of rotatable bonds is 3. The van der Waals surface area contributed by atoms with Gasteiger partial charge in [-0.15, -0.1) is 0 Å². The summed E-state index contributed by atoms with van der Waals surface area (Å²) in [6, 6.07) is 10.1. The topological polar surface area (TPSA) is 99.9 Å². The van der Waals surface area contributed by atoms with E-state index in [1.165, 1.54) is 19.2 Å². The monoisotopic (exact) mass is 283 g/mol. The number of hydrogen-bond donors (Lipinski definition) is 0. The van der Waals surface area contributed by atoms with Crippen LogP contribution >= 0.6 is 0 Å². The number of nitriles is 2. The fourth-order valence-electron chi connectivity index (χ4n) is 2.67. The molecule has 6 nitrogen and oxygen atoms in total. The van der Waals surface area contributed by atoms with E-state index in [-0.39, 0.29) is 11.6 Å². The van der Waals surface area contributed by atoms with Crippen molar-refractivity contribution in [2.45, 2.75) is 18.4 Å². The molecule has 1 aromatic carbocycles. The van der Waals surface area contributed by atoms with Crippen LogP contribution in [0.2, 0.25) is 0 Å². The Hall–Kier alpha value is -2.70. The third-order valence-corrected chi connectivity index (χ3v) is 3.81. The molecule has 0 spiro atoms. The van der Waals surface area contributed by atoms with Gasteiger partial charge in [0.1, 0.15) is 6.10 Å². The molecule has 0 N–H and O–H groups in total. The third kappa shape index (κ3) is 2.37. The molecule has 0 amide bonds. The number of non-ortho nitro benzene ring substituents is 1. The molecule has 1 aromatic rings. The maximum Gasteiger partial charge on any atom is 0.269 e. The standard InChI is InChI=1S/C15H13N3O3/c1-21-14-4-2-3-13(15(14,9-16)10-17)11-5-7-12(8-6-11)18(19)20/h2,4-8,13-14H,3H2,1H3/t13-,14+/m1/s1. The van der Waals surface area contributed by atoms with Gasteiger partial charge < -0.3 is 4.74 Å². The number of ether oxygens (including phenoxy) is 1. The average molecular weight is 283 g/mol. The summed E-state index contributed by atoms with van der Waals surface area (Å²) in [6.45, 7) is 0. The maximum absolute atomic E-state index is 10.7. The predicted molar refractivity (Wildman–Crippen MR) is 74.1 cm³/mol. The van der Waals surface area contributed by atoms with Gasteiger partial charge in [-0.1, -0.05) is 24.3 Å². The molecule has 0 unspecified atom stereocenters. The van der Waals surface area contributed by atoms with E-state index in [2.05, 4.69) is 12.1 Å². The third-order valence-electron chi connectivity index (χ3n) is 3.81. The molecule has 0 aromatic heterocycles. The van der Waals surface area contributed by atoms with E-state index in [1.54, 1.807) is 18.2 Å². The van der Waals surface area contributed by atoms with E-state index >= 15 is 0 Å². The van der Waals surface area contributed by atoms with Crippen molar-refractivity contribution in [3.05, 3.63) is 52.1 Å². The molecule has 2 atom stereocenters. The van der Waals surface area contributed by atoms with Crippen LogP contribution in [-0.2, 0) is 4.74 Å². The van der Waals surface area contributed by atoms with E-state index in [1.807, 2.05) is 6.08 Å². The van der Waals surface area contributed by atoms with Crippen LogP contribution in [-0.4, -0.2) is 18.1 Å². The molecule has 0 heterocycles. The molecule has 0 saturated carbocycles. The molecule has 0 saturated heterocycles. The summed E-state index contributed by atoms with van der Waals surface area (Å²) in [4.78, 5) is 10.2. The first-order valence-electron chi connectivity index (χ1n) is 6.35. The Balaban J connectivity index is 2.46. The van der Waals surface area contributed by atoms with Crippen molar-refractivity contribution in [1.29, 1.82) is 10.5 Å². The fraction of sp³-hybridized carbons (Fsp3) is 0.333. The first-order valence-corrected chi connectivity index (χ1v) is 6.35. The number of nitrogens with zero attached hydrogens (tertiary/aromatic N) is 3. The first kappa shape index (κ1) is 14.7. The maximum atomic E-state index is 10.7. The normalized spacial score (nSPS) is 23.0. The summed E-state index contributed by atoms with van der Waals surface area (Å²) in [5.41, 5.74) is -0.636. The van der Waals surface area contributed by atoms with Gasteiger partial charge >= 0.3 is 0 Å². The largest absolute Gasteiger partial charge is 0.375 e. The minimum absolute atomic E-state index is 0.0205. The van der Waals surface area contributed by atoms with Gasteiger partial charge in [-0.3, -0.25) is 10.1 Å². The Morgan fingerprint density at radius 1 is 1.33 bits per heavy atom. The summed E-state index contributed by atoms with van der Waals surface area (Å²) in [7, 11) is 1.46. The first-order chi connectivity index (χ1) is 10.1. The highest BCUT2D eigenvalue weighted by Gasteiger charge is 2.48. The SMILES string of the molecule is CO[C@H]1C=CC[C@H](c2ccc([N+](=O)[O-])cc2)C1(C#N)C#N. The highest BCUT2D eigenvalue weighted by atomic mass is 16.6. The van der Waals surface area contributed by atoms with Gasteiger partial charge in [-0.05, 0) is 12.0 Å². The Morgan fingerprint density at radius 2 is 1.95 bits per heavy atom. The van der Waals surface area contributed by atoms with Crippen LogP contribution < -0.4 is 0 Å². The molecule has 106 valence electrons. The molecule has 1 aliphatic rings. The second kappa shape index (κ2) is 5.74. The van der Waals surface area contributed by atoms with Crippen LogP contribution in [0.5, 0.6) is 0 Å². The molecular weight excluding hydrogens is 270 g/mol. The van der Waals surface area contributed by atoms with Crippen LogP contribution in [0.15, 0.2) is 36.4 Å². The highest BCUT2D eigenvalue weighted by molar-refractivity contribution is 5.41. The summed E-state index contributed by atoms with van der Waals surface area (Å²) in [5, 5.41) is 29.7. The van der Waals surface area contributed by atoms with Crippen molar-refractivity contribution in [2.24, 2.45) is 5.41 Å². The zero-order chi connectivity index (χ0) is 15.5. The number of nitro groups is 1. The molecule has 21 heavy (non-hydrogen) atoms. The fourth-order valence-corrected chi connectivity index (χ4v) is 2.67. The van der Waals surface area contributed by atoms with E-state index in [4.69, 9.17) is 4.74 Å². The molecule has 0 fully saturated rings. The van der Waals surface area contributed by atoms with E-state index < -0.39 is 16.4 Å². The van der Waals surface area contributed by atoms with Crippen LogP contribution in [0.25, 0.3) is 0 Å². The summed E-state index contributed by atoms with van der Waals surface area (Å²) in [5.74, 6) is -0.386. The Bertz CT molecular complexity index is 638. The van der Waals surface area contributed by atoms with Crippen molar-refractivity contribution in [3.8, 4) is 12.1 Å². The van der Waals surface area contributed by atoms with Gasteiger partial charge in [0.2, 0.25) is 0 Å². The van der Waals surface area contributed by atoms with Crippen molar-refractivity contribution in [3.63, 3.8) is 0 Å². The predicted octanol–water partition coefficient (Wildman–Crippen LogP) is 2.69. The lowest BCUT2D eigenvalue weighted by Gasteiger charge is -2.36. The zero-order valence-electron chi connectivity index (χ0n) is 11.4. The zero-order valence-corrected chi connectivity index (χ0v) is 11.4. The van der Waals surface area contributed by atoms with Crippen molar-refractivity contribution >= 4 is 5.69 Å². The molecule has 0 radical (unpaired) electrons. The van der Waals surface area contributed by atoms with Crippen molar-refractivity contribution in [2.75, 3.05) is 7.11 Å². The van der Waals surface area contributed by atoms with Gasteiger partial charge in [-0.25, -0.2) is 0 Å². The number of benzene rings is 1. The van der Waals surface area contributed by atoms with Crippen molar-refractivity contribution < 1.29 is 9.66 Å². The van der Waals surface area contributed by atoms with Gasteiger partial charge in [0, 0.05) is 25.2 Å². The molecule has 2 rings (SSSR count).